The number of alkyl halides is 2. The number of carbonyl (C=O) groups is 1. The summed E-state index contributed by atoms with van der Waals surface area (Å²) in [4.78, 5) is 28.0. The third-order valence-electron chi connectivity index (χ3n) is 4.07. The number of ether oxygens (including phenoxy) is 1. The standard InChI is InChI=1S/C19H15F2NO4S/c1-10-5-6-13-12(8-15(23)26-16(13)11(10)2)9-25-18(24)14-4-3-7-22-17(14)27-19(20)21/h3-8,19H,9H2,1-2H3. The average molecular weight is 391 g/mol. The molecule has 1 aromatic carbocycles. The molecule has 0 N–H and O–H groups in total. The number of aromatic nitrogens is 1. The number of pyridine rings is 1. The Balaban J connectivity index is 1.89. The molecule has 8 heteroatoms. The molecule has 3 aromatic rings. The minimum atomic E-state index is -2.71. The van der Waals surface area contributed by atoms with Gasteiger partial charge in [-0.25, -0.2) is 14.6 Å². The van der Waals surface area contributed by atoms with Gasteiger partial charge in [-0.2, -0.15) is 8.78 Å². The normalized spacial score (nSPS) is 11.1. The third kappa shape index (κ3) is 4.16. The third-order valence-corrected chi connectivity index (χ3v) is 4.79. The molecule has 0 aliphatic rings. The maximum atomic E-state index is 12.6. The monoisotopic (exact) mass is 391 g/mol. The molecule has 0 aliphatic carbocycles. The first kappa shape index (κ1) is 19.0. The number of hydrogen-bond acceptors (Lipinski definition) is 6. The van der Waals surface area contributed by atoms with Crippen molar-refractivity contribution in [2.75, 3.05) is 0 Å². The number of esters is 1. The molecule has 2 aromatic heterocycles. The zero-order valence-electron chi connectivity index (χ0n) is 14.5. The molecular weight excluding hydrogens is 376 g/mol. The van der Waals surface area contributed by atoms with Crippen LogP contribution in [-0.4, -0.2) is 16.7 Å². The smallest absolute Gasteiger partial charge is 0.341 e. The van der Waals surface area contributed by atoms with E-state index in [0.717, 1.165) is 11.1 Å². The van der Waals surface area contributed by atoms with Crippen LogP contribution in [0.5, 0.6) is 0 Å². The van der Waals surface area contributed by atoms with Gasteiger partial charge in [0.25, 0.3) is 5.76 Å². The summed E-state index contributed by atoms with van der Waals surface area (Å²) in [5.74, 6) is -3.50. The number of hydrogen-bond donors (Lipinski definition) is 0. The van der Waals surface area contributed by atoms with Crippen LogP contribution in [0.2, 0.25) is 0 Å². The molecule has 0 fully saturated rings. The number of rotatable bonds is 5. The highest BCUT2D eigenvalue weighted by Gasteiger charge is 2.19. The number of benzene rings is 1. The van der Waals surface area contributed by atoms with E-state index in [1.165, 1.54) is 24.4 Å². The molecule has 140 valence electrons. The molecule has 2 heterocycles. The van der Waals surface area contributed by atoms with Crippen LogP contribution in [0.1, 0.15) is 27.0 Å². The molecule has 0 aliphatic heterocycles. The summed E-state index contributed by atoms with van der Waals surface area (Å²) < 4.78 is 35.8. The zero-order valence-corrected chi connectivity index (χ0v) is 15.3. The molecule has 0 radical (unpaired) electrons. The minimum Gasteiger partial charge on any atom is -0.457 e. The Kier molecular flexibility index (Phi) is 5.55. The van der Waals surface area contributed by atoms with Crippen molar-refractivity contribution in [3.8, 4) is 0 Å². The highest BCUT2D eigenvalue weighted by Crippen LogP contribution is 2.27. The van der Waals surface area contributed by atoms with Crippen molar-refractivity contribution >= 4 is 28.7 Å². The van der Waals surface area contributed by atoms with Crippen LogP contribution in [0.15, 0.2) is 50.8 Å². The second kappa shape index (κ2) is 7.87. The summed E-state index contributed by atoms with van der Waals surface area (Å²) in [6, 6.07) is 7.74. The molecule has 0 bridgehead atoms. The van der Waals surface area contributed by atoms with Crippen LogP contribution in [-0.2, 0) is 11.3 Å². The number of thioether (sulfide) groups is 1. The first-order valence-electron chi connectivity index (χ1n) is 7.96. The van der Waals surface area contributed by atoms with Gasteiger partial charge in [0.2, 0.25) is 0 Å². The predicted octanol–water partition coefficient (Wildman–Crippen LogP) is 4.48. The van der Waals surface area contributed by atoms with E-state index in [-0.39, 0.29) is 29.0 Å². The van der Waals surface area contributed by atoms with E-state index in [1.54, 1.807) is 6.07 Å². The molecular formula is C19H15F2NO4S. The van der Waals surface area contributed by atoms with Crippen LogP contribution in [0.25, 0.3) is 11.0 Å². The van der Waals surface area contributed by atoms with E-state index >= 15 is 0 Å². The fourth-order valence-corrected chi connectivity index (χ4v) is 3.16. The van der Waals surface area contributed by atoms with E-state index in [9.17, 15) is 18.4 Å². The SMILES string of the molecule is Cc1ccc2c(COC(=O)c3cccnc3SC(F)F)cc(=O)oc2c1C. The van der Waals surface area contributed by atoms with Gasteiger partial charge in [-0.15, -0.1) is 0 Å². The van der Waals surface area contributed by atoms with Crippen LogP contribution >= 0.6 is 11.8 Å². The van der Waals surface area contributed by atoms with Crippen LogP contribution in [0.3, 0.4) is 0 Å². The fourth-order valence-electron chi connectivity index (χ4n) is 2.59. The number of halogens is 2. The molecule has 0 amide bonds. The van der Waals surface area contributed by atoms with Crippen molar-refractivity contribution in [2.24, 2.45) is 0 Å². The topological polar surface area (TPSA) is 69.4 Å². The fraction of sp³-hybridized carbons (Fsp3) is 0.211. The van der Waals surface area contributed by atoms with E-state index in [4.69, 9.17) is 9.15 Å². The van der Waals surface area contributed by atoms with Crippen molar-refractivity contribution in [3.63, 3.8) is 0 Å². The molecule has 0 saturated carbocycles. The number of fused-ring (bicyclic) bond motifs is 1. The molecule has 27 heavy (non-hydrogen) atoms. The Labute approximate surface area is 157 Å². The molecule has 0 atom stereocenters. The summed E-state index contributed by atoms with van der Waals surface area (Å²) in [5.41, 5.74) is 2.08. The lowest BCUT2D eigenvalue weighted by Gasteiger charge is -2.11. The Bertz CT molecular complexity index is 1070. The van der Waals surface area contributed by atoms with Gasteiger partial charge >= 0.3 is 11.6 Å². The van der Waals surface area contributed by atoms with Gasteiger partial charge in [0.1, 0.15) is 17.2 Å². The van der Waals surface area contributed by atoms with Gasteiger partial charge in [0.05, 0.1) is 5.56 Å². The van der Waals surface area contributed by atoms with Gasteiger partial charge in [0.15, 0.2) is 0 Å². The number of aryl methyl sites for hydroxylation is 2. The predicted molar refractivity (Wildman–Crippen MR) is 97.2 cm³/mol. The van der Waals surface area contributed by atoms with Crippen LogP contribution in [0.4, 0.5) is 8.78 Å². The Hall–Kier alpha value is -2.74. The first-order valence-corrected chi connectivity index (χ1v) is 8.84. The minimum absolute atomic E-state index is 0.0536. The van der Waals surface area contributed by atoms with Crippen molar-refractivity contribution < 1.29 is 22.7 Å². The Morgan fingerprint density at radius 2 is 2.07 bits per heavy atom. The lowest BCUT2D eigenvalue weighted by molar-refractivity contribution is 0.0468. The maximum absolute atomic E-state index is 12.6. The van der Waals surface area contributed by atoms with Gasteiger partial charge in [-0.1, -0.05) is 12.1 Å². The number of carbonyl (C=O) groups excluding carboxylic acids is 1. The van der Waals surface area contributed by atoms with Crippen LogP contribution < -0.4 is 5.63 Å². The molecule has 0 saturated heterocycles. The zero-order chi connectivity index (χ0) is 19.6. The van der Waals surface area contributed by atoms with Crippen molar-refractivity contribution in [1.29, 1.82) is 0 Å². The summed E-state index contributed by atoms with van der Waals surface area (Å²) >= 11 is 0.173. The summed E-state index contributed by atoms with van der Waals surface area (Å²) in [6.45, 7) is 3.53. The molecule has 5 nitrogen and oxygen atoms in total. The summed E-state index contributed by atoms with van der Waals surface area (Å²) in [6.07, 6.45) is 1.32. The second-order valence-electron chi connectivity index (χ2n) is 5.79. The van der Waals surface area contributed by atoms with E-state index in [1.807, 2.05) is 19.9 Å². The molecule has 3 rings (SSSR count). The van der Waals surface area contributed by atoms with Crippen molar-refractivity contribution in [1.82, 2.24) is 4.98 Å². The van der Waals surface area contributed by atoms with Gasteiger partial charge < -0.3 is 9.15 Å². The van der Waals surface area contributed by atoms with E-state index in [2.05, 4.69) is 4.98 Å². The average Bonchev–Trinajstić information content (AvgIpc) is 2.63. The largest absolute Gasteiger partial charge is 0.457 e. The van der Waals surface area contributed by atoms with E-state index < -0.39 is 17.4 Å². The van der Waals surface area contributed by atoms with Crippen LogP contribution in [0, 0.1) is 13.8 Å². The lowest BCUT2D eigenvalue weighted by Crippen LogP contribution is -2.10. The van der Waals surface area contributed by atoms with Gasteiger partial charge in [-0.3, -0.25) is 0 Å². The highest BCUT2D eigenvalue weighted by atomic mass is 32.2. The molecule has 0 spiro atoms. The first-order chi connectivity index (χ1) is 12.9. The maximum Gasteiger partial charge on any atom is 0.341 e. The van der Waals surface area contributed by atoms with Gasteiger partial charge in [-0.05, 0) is 48.9 Å². The van der Waals surface area contributed by atoms with Crippen molar-refractivity contribution in [2.45, 2.75) is 31.2 Å². The molecule has 0 unspecified atom stereocenters. The summed E-state index contributed by atoms with van der Waals surface area (Å²) in [5, 5.41) is 0.542. The quantitative estimate of drug-likeness (QED) is 0.363. The van der Waals surface area contributed by atoms with Crippen molar-refractivity contribution in [3.05, 3.63) is 69.2 Å². The Morgan fingerprint density at radius 3 is 2.81 bits per heavy atom. The lowest BCUT2D eigenvalue weighted by atomic mass is 10.0. The Morgan fingerprint density at radius 1 is 1.30 bits per heavy atom. The van der Waals surface area contributed by atoms with E-state index in [0.29, 0.717) is 16.5 Å². The number of nitrogens with zero attached hydrogens (tertiary/aromatic N) is 1. The van der Waals surface area contributed by atoms with Gasteiger partial charge in [0, 0.05) is 23.2 Å². The second-order valence-corrected chi connectivity index (χ2v) is 6.76. The highest BCUT2D eigenvalue weighted by molar-refractivity contribution is 7.99. The summed E-state index contributed by atoms with van der Waals surface area (Å²) in [7, 11) is 0.